The van der Waals surface area contributed by atoms with Crippen LogP contribution in [0.1, 0.15) is 45.1 Å². The summed E-state index contributed by atoms with van der Waals surface area (Å²) in [5, 5.41) is 3.25. The molecule has 1 saturated heterocycles. The Kier molecular flexibility index (Phi) is 4.84. The largest absolute Gasteiger partial charge is 0.496 e. The number of hydrogen-bond donors (Lipinski definition) is 2. The van der Waals surface area contributed by atoms with Crippen molar-refractivity contribution in [3.05, 3.63) is 28.2 Å². The number of benzene rings is 1. The predicted molar refractivity (Wildman–Crippen MR) is 99.7 cm³/mol. The van der Waals surface area contributed by atoms with E-state index in [2.05, 4.69) is 10.3 Å². The molecule has 1 aromatic carbocycles. The Hall–Kier alpha value is -2.28. The summed E-state index contributed by atoms with van der Waals surface area (Å²) in [4.78, 5) is 27.5. The molecule has 1 fully saturated rings. The minimum absolute atomic E-state index is 0.0915. The summed E-state index contributed by atoms with van der Waals surface area (Å²) < 4.78 is 12.7. The normalized spacial score (nSPS) is 21.0. The number of carbonyl (C=O) groups excluding carboxylic acids is 1. The van der Waals surface area contributed by atoms with Crippen LogP contribution >= 0.6 is 0 Å². The van der Waals surface area contributed by atoms with E-state index >= 15 is 0 Å². The summed E-state index contributed by atoms with van der Waals surface area (Å²) in [5.74, 6) is 0.590. The van der Waals surface area contributed by atoms with Crippen LogP contribution in [0.4, 0.5) is 0 Å². The molecule has 1 aromatic heterocycles. The second-order valence-electron chi connectivity index (χ2n) is 7.83. The summed E-state index contributed by atoms with van der Waals surface area (Å²) >= 11 is 0. The molecule has 0 spiro atoms. The molecule has 1 aliphatic heterocycles. The van der Waals surface area contributed by atoms with Gasteiger partial charge in [0.15, 0.2) is 0 Å². The van der Waals surface area contributed by atoms with E-state index in [-0.39, 0.29) is 23.6 Å². The van der Waals surface area contributed by atoms with Crippen molar-refractivity contribution in [3.63, 3.8) is 0 Å². The van der Waals surface area contributed by atoms with Crippen molar-refractivity contribution in [2.24, 2.45) is 7.05 Å². The SMILES string of the molecule is COc1ccc2[nH]c(=O)n(C)c2c1C1CCNC(C(=O)OC(C)(C)C)C1. The van der Waals surface area contributed by atoms with E-state index in [9.17, 15) is 9.59 Å². The van der Waals surface area contributed by atoms with Crippen LogP contribution in [0, 0.1) is 0 Å². The Morgan fingerprint density at radius 1 is 1.31 bits per heavy atom. The number of aromatic nitrogens is 2. The highest BCUT2D eigenvalue weighted by Crippen LogP contribution is 2.38. The first-order valence-corrected chi connectivity index (χ1v) is 8.93. The van der Waals surface area contributed by atoms with Gasteiger partial charge in [0.1, 0.15) is 17.4 Å². The molecule has 0 radical (unpaired) electrons. The summed E-state index contributed by atoms with van der Waals surface area (Å²) in [6.45, 7) is 6.30. The standard InChI is InChI=1S/C19H27N3O4/c1-19(2,3)26-17(23)13-10-11(8-9-20-13)15-14(25-5)7-6-12-16(15)22(4)18(24)21-12/h6-7,11,13,20H,8-10H2,1-5H3,(H,21,24). The number of hydrogen-bond acceptors (Lipinski definition) is 5. The number of esters is 1. The smallest absolute Gasteiger partial charge is 0.326 e. The van der Waals surface area contributed by atoms with Crippen LogP contribution in [0.15, 0.2) is 16.9 Å². The van der Waals surface area contributed by atoms with Crippen LogP contribution in [0.3, 0.4) is 0 Å². The number of aryl methyl sites for hydroxylation is 1. The molecule has 0 aliphatic carbocycles. The van der Waals surface area contributed by atoms with Crippen LogP contribution < -0.4 is 15.7 Å². The first kappa shape index (κ1) is 18.5. The van der Waals surface area contributed by atoms with Crippen molar-refractivity contribution in [1.82, 2.24) is 14.9 Å². The molecule has 2 unspecified atom stereocenters. The molecule has 2 N–H and O–H groups in total. The number of imidazole rings is 1. The van der Waals surface area contributed by atoms with E-state index in [0.29, 0.717) is 13.0 Å². The van der Waals surface area contributed by atoms with Crippen molar-refractivity contribution in [1.29, 1.82) is 0 Å². The van der Waals surface area contributed by atoms with Gasteiger partial charge in [-0.1, -0.05) is 0 Å². The number of nitrogens with zero attached hydrogens (tertiary/aromatic N) is 1. The lowest BCUT2D eigenvalue weighted by Gasteiger charge is -2.32. The first-order chi connectivity index (χ1) is 12.2. The maximum absolute atomic E-state index is 12.5. The number of aromatic amines is 1. The fraction of sp³-hybridized carbons (Fsp3) is 0.579. The highest BCUT2D eigenvalue weighted by atomic mass is 16.6. The second kappa shape index (κ2) is 6.79. The van der Waals surface area contributed by atoms with Crippen LogP contribution in [-0.4, -0.2) is 40.8 Å². The van der Waals surface area contributed by atoms with Gasteiger partial charge in [-0.05, 0) is 58.2 Å². The van der Waals surface area contributed by atoms with Gasteiger partial charge in [-0.25, -0.2) is 4.79 Å². The molecule has 0 saturated carbocycles. The minimum Gasteiger partial charge on any atom is -0.496 e. The van der Waals surface area contributed by atoms with Gasteiger partial charge >= 0.3 is 11.7 Å². The van der Waals surface area contributed by atoms with E-state index in [0.717, 1.165) is 28.8 Å². The third-order valence-electron chi connectivity index (χ3n) is 4.78. The first-order valence-electron chi connectivity index (χ1n) is 8.93. The Morgan fingerprint density at radius 3 is 2.69 bits per heavy atom. The lowest BCUT2D eigenvalue weighted by Crippen LogP contribution is -2.46. The summed E-state index contributed by atoms with van der Waals surface area (Å²) in [7, 11) is 3.37. The number of carbonyl (C=O) groups is 1. The number of fused-ring (bicyclic) bond motifs is 1. The van der Waals surface area contributed by atoms with Gasteiger partial charge < -0.3 is 19.8 Å². The minimum atomic E-state index is -0.520. The highest BCUT2D eigenvalue weighted by Gasteiger charge is 2.33. The number of nitrogens with one attached hydrogen (secondary N) is 2. The van der Waals surface area contributed by atoms with Crippen molar-refractivity contribution in [2.45, 2.75) is 51.2 Å². The lowest BCUT2D eigenvalue weighted by atomic mass is 9.85. The molecule has 26 heavy (non-hydrogen) atoms. The maximum Gasteiger partial charge on any atom is 0.326 e. The van der Waals surface area contributed by atoms with Crippen LogP contribution in [-0.2, 0) is 16.6 Å². The van der Waals surface area contributed by atoms with Gasteiger partial charge in [-0.3, -0.25) is 9.36 Å². The molecule has 7 nitrogen and oxygen atoms in total. The average Bonchev–Trinajstić information content (AvgIpc) is 2.87. The zero-order chi connectivity index (χ0) is 19.1. The van der Waals surface area contributed by atoms with Crippen LogP contribution in [0.2, 0.25) is 0 Å². The third-order valence-corrected chi connectivity index (χ3v) is 4.78. The topological polar surface area (TPSA) is 85.4 Å². The molecule has 1 aliphatic rings. The number of rotatable bonds is 3. The van der Waals surface area contributed by atoms with E-state index < -0.39 is 5.60 Å². The number of ether oxygens (including phenoxy) is 2. The quantitative estimate of drug-likeness (QED) is 0.818. The van der Waals surface area contributed by atoms with E-state index in [4.69, 9.17) is 9.47 Å². The molecule has 142 valence electrons. The molecule has 3 rings (SSSR count). The summed E-state index contributed by atoms with van der Waals surface area (Å²) in [6.07, 6.45) is 1.46. The molecule has 0 amide bonds. The molecule has 2 heterocycles. The zero-order valence-electron chi connectivity index (χ0n) is 16.0. The number of methoxy groups -OCH3 is 1. The average molecular weight is 361 g/mol. The predicted octanol–water partition coefficient (Wildman–Crippen LogP) is 2.05. The second-order valence-corrected chi connectivity index (χ2v) is 7.83. The highest BCUT2D eigenvalue weighted by molar-refractivity contribution is 5.83. The summed E-state index contributed by atoms with van der Waals surface area (Å²) in [5.41, 5.74) is 1.91. The molecule has 7 heteroatoms. The number of piperidine rings is 1. The maximum atomic E-state index is 12.5. The Balaban J connectivity index is 1.98. The van der Waals surface area contributed by atoms with Gasteiger partial charge in [-0.15, -0.1) is 0 Å². The van der Waals surface area contributed by atoms with Gasteiger partial charge in [0, 0.05) is 12.6 Å². The van der Waals surface area contributed by atoms with Crippen molar-refractivity contribution < 1.29 is 14.3 Å². The number of H-pyrrole nitrogens is 1. The van der Waals surface area contributed by atoms with Crippen LogP contribution in [0.5, 0.6) is 5.75 Å². The van der Waals surface area contributed by atoms with E-state index in [1.807, 2.05) is 32.9 Å². The fourth-order valence-electron chi connectivity index (χ4n) is 3.66. The molecule has 2 atom stereocenters. The van der Waals surface area contributed by atoms with E-state index in [1.165, 1.54) is 0 Å². The fourth-order valence-corrected chi connectivity index (χ4v) is 3.66. The molecular weight excluding hydrogens is 334 g/mol. The monoisotopic (exact) mass is 361 g/mol. The zero-order valence-corrected chi connectivity index (χ0v) is 16.0. The Labute approximate surface area is 152 Å². The van der Waals surface area contributed by atoms with E-state index in [1.54, 1.807) is 18.7 Å². The van der Waals surface area contributed by atoms with Crippen molar-refractivity contribution in [2.75, 3.05) is 13.7 Å². The van der Waals surface area contributed by atoms with Gasteiger partial charge in [0.05, 0.1) is 18.1 Å². The van der Waals surface area contributed by atoms with Gasteiger partial charge in [0.25, 0.3) is 0 Å². The van der Waals surface area contributed by atoms with Gasteiger partial charge in [0.2, 0.25) is 0 Å². The Morgan fingerprint density at radius 2 is 2.04 bits per heavy atom. The molecular formula is C19H27N3O4. The lowest BCUT2D eigenvalue weighted by molar-refractivity contribution is -0.158. The summed E-state index contributed by atoms with van der Waals surface area (Å²) in [6, 6.07) is 3.35. The molecule has 0 bridgehead atoms. The third kappa shape index (κ3) is 3.49. The Bertz CT molecular complexity index is 875. The van der Waals surface area contributed by atoms with Gasteiger partial charge in [-0.2, -0.15) is 0 Å². The van der Waals surface area contributed by atoms with Crippen molar-refractivity contribution in [3.8, 4) is 5.75 Å². The van der Waals surface area contributed by atoms with Crippen LogP contribution in [0.25, 0.3) is 11.0 Å². The molecule has 2 aromatic rings. The van der Waals surface area contributed by atoms with Crippen molar-refractivity contribution >= 4 is 17.0 Å².